The molecule has 1 aliphatic rings. The fourth-order valence-electron chi connectivity index (χ4n) is 2.65. The standard InChI is InChI=1S/C16H18ClN3OS/c1-10-14(16(21)20-8-2-3-13(18)9-20)22-15(19-10)11-4-6-12(17)7-5-11/h4-7,13H,2-3,8-9,18H2,1H3. The van der Waals surface area contributed by atoms with Crippen molar-refractivity contribution >= 4 is 28.8 Å². The summed E-state index contributed by atoms with van der Waals surface area (Å²) >= 11 is 7.35. The van der Waals surface area contributed by atoms with Gasteiger partial charge >= 0.3 is 0 Å². The van der Waals surface area contributed by atoms with Crippen LogP contribution < -0.4 is 5.73 Å². The van der Waals surface area contributed by atoms with Gasteiger partial charge in [-0.15, -0.1) is 11.3 Å². The number of hydrogen-bond donors (Lipinski definition) is 1. The van der Waals surface area contributed by atoms with Gasteiger partial charge in [-0.25, -0.2) is 4.98 Å². The molecule has 0 aliphatic carbocycles. The molecule has 0 spiro atoms. The van der Waals surface area contributed by atoms with Crippen molar-refractivity contribution in [3.63, 3.8) is 0 Å². The molecule has 2 N–H and O–H groups in total. The van der Waals surface area contributed by atoms with Gasteiger partial charge in [0.05, 0.1) is 5.69 Å². The largest absolute Gasteiger partial charge is 0.336 e. The maximum Gasteiger partial charge on any atom is 0.265 e. The third-order valence-corrected chi connectivity index (χ3v) is 5.27. The second kappa shape index (κ2) is 6.36. The predicted octanol–water partition coefficient (Wildman–Crippen LogP) is 3.34. The fourth-order valence-corrected chi connectivity index (χ4v) is 3.81. The van der Waals surface area contributed by atoms with Gasteiger partial charge in [-0.05, 0) is 31.9 Å². The zero-order chi connectivity index (χ0) is 15.7. The monoisotopic (exact) mass is 335 g/mol. The molecular formula is C16H18ClN3OS. The van der Waals surface area contributed by atoms with Crippen molar-refractivity contribution in [2.24, 2.45) is 5.73 Å². The summed E-state index contributed by atoms with van der Waals surface area (Å²) in [6.07, 6.45) is 1.95. The van der Waals surface area contributed by atoms with E-state index in [1.165, 1.54) is 11.3 Å². The molecule has 0 saturated carbocycles. The Hall–Kier alpha value is -1.43. The molecule has 6 heteroatoms. The number of thiazole rings is 1. The van der Waals surface area contributed by atoms with Gasteiger partial charge in [0.25, 0.3) is 5.91 Å². The Balaban J connectivity index is 1.85. The lowest BCUT2D eigenvalue weighted by molar-refractivity contribution is 0.0713. The third-order valence-electron chi connectivity index (χ3n) is 3.83. The van der Waals surface area contributed by atoms with Gasteiger partial charge in [0.15, 0.2) is 0 Å². The minimum absolute atomic E-state index is 0.0466. The van der Waals surface area contributed by atoms with Gasteiger partial charge in [-0.2, -0.15) is 0 Å². The van der Waals surface area contributed by atoms with E-state index < -0.39 is 0 Å². The second-order valence-electron chi connectivity index (χ2n) is 5.59. The lowest BCUT2D eigenvalue weighted by Gasteiger charge is -2.30. The van der Waals surface area contributed by atoms with Crippen molar-refractivity contribution in [3.05, 3.63) is 39.9 Å². The molecule has 1 amide bonds. The normalized spacial score (nSPS) is 18.5. The molecule has 4 nitrogen and oxygen atoms in total. The molecular weight excluding hydrogens is 318 g/mol. The summed E-state index contributed by atoms with van der Waals surface area (Å²) in [6.45, 7) is 3.29. The SMILES string of the molecule is Cc1nc(-c2ccc(Cl)cc2)sc1C(=O)N1CCCC(N)C1. The number of carbonyl (C=O) groups is 1. The first kappa shape index (κ1) is 15.5. The van der Waals surface area contributed by atoms with Crippen LogP contribution in [0, 0.1) is 6.92 Å². The van der Waals surface area contributed by atoms with Gasteiger partial charge < -0.3 is 10.6 Å². The Morgan fingerprint density at radius 1 is 1.41 bits per heavy atom. The number of rotatable bonds is 2. The molecule has 1 aromatic heterocycles. The molecule has 0 bridgehead atoms. The minimum atomic E-state index is 0.0466. The van der Waals surface area contributed by atoms with Gasteiger partial charge in [0.1, 0.15) is 9.88 Å². The van der Waals surface area contributed by atoms with E-state index in [1.807, 2.05) is 36.1 Å². The first-order valence-corrected chi connectivity index (χ1v) is 8.52. The van der Waals surface area contributed by atoms with Crippen molar-refractivity contribution in [2.45, 2.75) is 25.8 Å². The molecule has 1 aliphatic heterocycles. The van der Waals surface area contributed by atoms with E-state index in [1.54, 1.807) is 0 Å². The molecule has 2 heterocycles. The highest BCUT2D eigenvalue weighted by molar-refractivity contribution is 7.17. The van der Waals surface area contributed by atoms with Crippen LogP contribution in [0.25, 0.3) is 10.6 Å². The topological polar surface area (TPSA) is 59.2 Å². The number of amides is 1. The van der Waals surface area contributed by atoms with E-state index >= 15 is 0 Å². The van der Waals surface area contributed by atoms with Gasteiger partial charge in [-0.3, -0.25) is 4.79 Å². The molecule has 1 unspecified atom stereocenters. The minimum Gasteiger partial charge on any atom is -0.336 e. The highest BCUT2D eigenvalue weighted by Gasteiger charge is 2.25. The van der Waals surface area contributed by atoms with Crippen LogP contribution in [0.15, 0.2) is 24.3 Å². The van der Waals surface area contributed by atoms with E-state index in [0.29, 0.717) is 16.4 Å². The van der Waals surface area contributed by atoms with Crippen LogP contribution in [-0.2, 0) is 0 Å². The summed E-state index contributed by atoms with van der Waals surface area (Å²) in [7, 11) is 0. The number of aromatic nitrogens is 1. The van der Waals surface area contributed by atoms with Crippen molar-refractivity contribution in [2.75, 3.05) is 13.1 Å². The summed E-state index contributed by atoms with van der Waals surface area (Å²) in [4.78, 5) is 19.8. The highest BCUT2D eigenvalue weighted by Crippen LogP contribution is 2.30. The fraction of sp³-hybridized carbons (Fsp3) is 0.375. The zero-order valence-electron chi connectivity index (χ0n) is 12.4. The predicted molar refractivity (Wildman–Crippen MR) is 90.4 cm³/mol. The number of carbonyl (C=O) groups excluding carboxylic acids is 1. The van der Waals surface area contributed by atoms with E-state index in [0.717, 1.165) is 35.7 Å². The Kier molecular flexibility index (Phi) is 4.47. The molecule has 22 heavy (non-hydrogen) atoms. The number of nitrogens with zero attached hydrogens (tertiary/aromatic N) is 2. The molecule has 1 aromatic carbocycles. The van der Waals surface area contributed by atoms with Crippen LogP contribution in [0.5, 0.6) is 0 Å². The Morgan fingerprint density at radius 2 is 2.14 bits per heavy atom. The maximum absolute atomic E-state index is 12.7. The molecule has 0 radical (unpaired) electrons. The third kappa shape index (κ3) is 3.16. The summed E-state index contributed by atoms with van der Waals surface area (Å²) in [5, 5.41) is 1.54. The first-order chi connectivity index (χ1) is 10.5. The van der Waals surface area contributed by atoms with Gasteiger partial charge in [0.2, 0.25) is 0 Å². The molecule has 116 valence electrons. The molecule has 1 atom stereocenters. The van der Waals surface area contributed by atoms with Crippen LogP contribution in [-0.4, -0.2) is 34.9 Å². The van der Waals surface area contributed by atoms with Crippen LogP contribution in [0.1, 0.15) is 28.2 Å². The zero-order valence-corrected chi connectivity index (χ0v) is 14.0. The number of piperidine rings is 1. The van der Waals surface area contributed by atoms with E-state index in [-0.39, 0.29) is 11.9 Å². The quantitative estimate of drug-likeness (QED) is 0.915. The Labute approximate surface area is 138 Å². The first-order valence-electron chi connectivity index (χ1n) is 7.33. The summed E-state index contributed by atoms with van der Waals surface area (Å²) < 4.78 is 0. The lowest BCUT2D eigenvalue weighted by Crippen LogP contribution is -2.45. The molecule has 2 aromatic rings. The van der Waals surface area contributed by atoms with E-state index in [2.05, 4.69) is 4.98 Å². The van der Waals surface area contributed by atoms with Gasteiger partial charge in [-0.1, -0.05) is 23.7 Å². The average Bonchev–Trinajstić information content (AvgIpc) is 2.89. The maximum atomic E-state index is 12.7. The molecule has 1 saturated heterocycles. The highest BCUT2D eigenvalue weighted by atomic mass is 35.5. The van der Waals surface area contributed by atoms with Crippen molar-refractivity contribution in [1.82, 2.24) is 9.88 Å². The van der Waals surface area contributed by atoms with Crippen LogP contribution in [0.4, 0.5) is 0 Å². The number of halogens is 1. The number of benzene rings is 1. The molecule has 1 fully saturated rings. The smallest absolute Gasteiger partial charge is 0.265 e. The number of hydrogen-bond acceptors (Lipinski definition) is 4. The van der Waals surface area contributed by atoms with Crippen LogP contribution >= 0.6 is 22.9 Å². The van der Waals surface area contributed by atoms with Gasteiger partial charge in [0, 0.05) is 29.7 Å². The Morgan fingerprint density at radius 3 is 2.82 bits per heavy atom. The van der Waals surface area contributed by atoms with E-state index in [9.17, 15) is 4.79 Å². The summed E-state index contributed by atoms with van der Waals surface area (Å²) in [6, 6.07) is 7.59. The number of likely N-dealkylation sites (tertiary alicyclic amines) is 1. The van der Waals surface area contributed by atoms with Crippen molar-refractivity contribution in [1.29, 1.82) is 0 Å². The van der Waals surface area contributed by atoms with Crippen LogP contribution in [0.3, 0.4) is 0 Å². The number of nitrogens with two attached hydrogens (primary N) is 1. The summed E-state index contributed by atoms with van der Waals surface area (Å²) in [5.74, 6) is 0.0466. The second-order valence-corrected chi connectivity index (χ2v) is 7.03. The van der Waals surface area contributed by atoms with Crippen molar-refractivity contribution < 1.29 is 4.79 Å². The molecule has 3 rings (SSSR count). The average molecular weight is 336 g/mol. The van der Waals surface area contributed by atoms with Crippen LogP contribution in [0.2, 0.25) is 5.02 Å². The lowest BCUT2D eigenvalue weighted by atomic mass is 10.1. The van der Waals surface area contributed by atoms with E-state index in [4.69, 9.17) is 17.3 Å². The number of aryl methyl sites for hydroxylation is 1. The van der Waals surface area contributed by atoms with Crippen molar-refractivity contribution in [3.8, 4) is 10.6 Å². The summed E-state index contributed by atoms with van der Waals surface area (Å²) in [5.41, 5.74) is 7.73. The Bertz CT molecular complexity index is 683.